The molecule has 0 atom stereocenters. The van der Waals surface area contributed by atoms with Crippen molar-refractivity contribution in [2.24, 2.45) is 11.5 Å². The van der Waals surface area contributed by atoms with Gasteiger partial charge in [-0.25, -0.2) is 0 Å². The van der Waals surface area contributed by atoms with Gasteiger partial charge in [-0.05, 0) is 19.9 Å². The average molecular weight is 350 g/mol. The van der Waals surface area contributed by atoms with E-state index in [0.29, 0.717) is 25.4 Å². The fraction of sp³-hybridized carbons (Fsp3) is 0.818. The van der Waals surface area contributed by atoms with Crippen molar-refractivity contribution in [1.29, 1.82) is 0 Å². The summed E-state index contributed by atoms with van der Waals surface area (Å²) >= 11 is 0. The summed E-state index contributed by atoms with van der Waals surface area (Å²) in [5.41, 5.74) is 16.9. The van der Waals surface area contributed by atoms with Gasteiger partial charge in [0.1, 0.15) is 6.67 Å². The molecule has 0 aromatic rings. The summed E-state index contributed by atoms with van der Waals surface area (Å²) in [6, 6.07) is 0.916. The Hall–Kier alpha value is -0.0761. The van der Waals surface area contributed by atoms with E-state index in [1.807, 2.05) is 27.7 Å². The van der Waals surface area contributed by atoms with E-state index in [9.17, 15) is 0 Å². The number of guanidine groups is 1. The monoisotopic (exact) mass is 350 g/mol. The summed E-state index contributed by atoms with van der Waals surface area (Å²) in [6.07, 6.45) is 1.50. The van der Waals surface area contributed by atoms with E-state index in [1.54, 1.807) is 0 Å². The molecular weight excluding hydrogens is 321 g/mol. The minimum atomic E-state index is 0. The number of rotatable bonds is 5. The Balaban J connectivity index is -0.0000000982. The second-order valence-electron chi connectivity index (χ2n) is 3.91. The van der Waals surface area contributed by atoms with Gasteiger partial charge in [-0.2, -0.15) is 6.92 Å². The molecule has 0 fully saturated rings. The number of hydrogen-bond acceptors (Lipinski definition) is 3. The van der Waals surface area contributed by atoms with E-state index in [4.69, 9.17) is 22.0 Å². The molecule has 1 radical (unpaired) electrons. The molecule has 7 nitrogen and oxygen atoms in total. The molecule has 0 aromatic heterocycles. The van der Waals surface area contributed by atoms with Crippen molar-refractivity contribution in [2.45, 2.75) is 46.7 Å². The number of nitrogens with two attached hydrogens (primary N) is 2. The van der Waals surface area contributed by atoms with Crippen molar-refractivity contribution in [1.82, 2.24) is 10.6 Å². The zero-order valence-electron chi connectivity index (χ0n) is 12.7. The molecule has 0 aliphatic heterocycles. The molecule has 0 aromatic carbocycles. The van der Waals surface area contributed by atoms with Crippen molar-refractivity contribution in [3.8, 4) is 0 Å². The summed E-state index contributed by atoms with van der Waals surface area (Å²) in [7, 11) is 0. The molecule has 113 valence electrons. The SMILES string of the molecule is CC(C)NC[NH+]=C(N)N.CC(C)NC[NH-].C[C-]=O.[Y]. The predicted octanol–water partition coefficient (Wildman–Crippen LogP) is -1.60. The van der Waals surface area contributed by atoms with Gasteiger partial charge in [0, 0.05) is 38.8 Å². The fourth-order valence-electron chi connectivity index (χ4n) is 0.561. The maximum atomic E-state index is 8.68. The zero-order chi connectivity index (χ0) is 15.0. The number of hydrogen-bond donors (Lipinski definition) is 5. The van der Waals surface area contributed by atoms with Crippen molar-refractivity contribution >= 4 is 12.2 Å². The largest absolute Gasteiger partial charge is 0.665 e. The van der Waals surface area contributed by atoms with Crippen molar-refractivity contribution < 1.29 is 42.5 Å². The van der Waals surface area contributed by atoms with Gasteiger partial charge in [0.25, 0.3) is 0 Å². The third-order valence-corrected chi connectivity index (χ3v) is 1.31. The van der Waals surface area contributed by atoms with Crippen LogP contribution >= 0.6 is 0 Å². The standard InChI is InChI=1S/C5H14N4.C4H11N2.C2H3O.Y/c1-4(2)8-3-9-5(6)7;1-4(2)6-3-5;1-2-3;/h4,8H,3H2,1-2H3,(H4,6,7,9);4-6H,3H2,1-2H3;1H3;/q;2*-1;/p+1. The van der Waals surface area contributed by atoms with Gasteiger partial charge in [0.05, 0.1) is 0 Å². The van der Waals surface area contributed by atoms with Gasteiger partial charge in [0.15, 0.2) is 0 Å². The maximum Gasteiger partial charge on any atom is 0.339 e. The molecule has 0 unspecified atom stereocenters. The quantitative estimate of drug-likeness (QED) is 0.176. The van der Waals surface area contributed by atoms with Crippen LogP contribution in [-0.4, -0.2) is 37.7 Å². The van der Waals surface area contributed by atoms with Crippen LogP contribution in [0.4, 0.5) is 0 Å². The van der Waals surface area contributed by atoms with Gasteiger partial charge < -0.3 is 15.8 Å². The van der Waals surface area contributed by atoms with Crippen LogP contribution in [0.3, 0.4) is 0 Å². The van der Waals surface area contributed by atoms with Crippen molar-refractivity contribution in [2.75, 3.05) is 13.3 Å². The van der Waals surface area contributed by atoms with E-state index in [0.717, 1.165) is 0 Å². The predicted molar refractivity (Wildman–Crippen MR) is 76.3 cm³/mol. The Labute approximate surface area is 142 Å². The Morgan fingerprint density at radius 2 is 1.58 bits per heavy atom. The van der Waals surface area contributed by atoms with Gasteiger partial charge in [-0.15, -0.1) is 0 Å². The molecule has 0 heterocycles. The second-order valence-corrected chi connectivity index (χ2v) is 3.91. The normalized spacial score (nSPS) is 8.42. The van der Waals surface area contributed by atoms with E-state index in [2.05, 4.69) is 15.6 Å². The van der Waals surface area contributed by atoms with Crippen LogP contribution in [0.15, 0.2) is 0 Å². The van der Waals surface area contributed by atoms with Crippen LogP contribution in [0.1, 0.15) is 34.6 Å². The maximum absolute atomic E-state index is 8.68. The van der Waals surface area contributed by atoms with Gasteiger partial charge in [-0.1, -0.05) is 20.5 Å². The molecule has 0 aliphatic rings. The summed E-state index contributed by atoms with van der Waals surface area (Å²) < 4.78 is 0. The minimum Gasteiger partial charge on any atom is -0.665 e. The Bertz CT molecular complexity index is 196. The third-order valence-electron chi connectivity index (χ3n) is 1.31. The number of nitrogens with one attached hydrogen (secondary N) is 4. The van der Waals surface area contributed by atoms with Crippen molar-refractivity contribution in [3.63, 3.8) is 0 Å². The first-order chi connectivity index (χ1) is 8.31. The molecule has 0 amide bonds. The van der Waals surface area contributed by atoms with Gasteiger partial charge in [0.2, 0.25) is 0 Å². The molecule has 0 bridgehead atoms. The van der Waals surface area contributed by atoms with E-state index >= 15 is 0 Å². The molecule has 0 rings (SSSR count). The second kappa shape index (κ2) is 23.0. The van der Waals surface area contributed by atoms with Crippen LogP contribution in [0, 0.1) is 0 Å². The van der Waals surface area contributed by atoms with Crippen LogP contribution in [0.2, 0.25) is 0 Å². The zero-order valence-corrected chi connectivity index (χ0v) is 15.5. The van der Waals surface area contributed by atoms with Crippen LogP contribution in [0.25, 0.3) is 5.73 Å². The molecule has 8 N–H and O–H groups in total. The first-order valence-corrected chi connectivity index (χ1v) is 5.83. The van der Waals surface area contributed by atoms with Crippen molar-refractivity contribution in [3.05, 3.63) is 5.73 Å². The third kappa shape index (κ3) is 57.1. The Morgan fingerprint density at radius 1 is 1.21 bits per heavy atom. The minimum absolute atomic E-state index is 0. The van der Waals surface area contributed by atoms with Gasteiger partial charge >= 0.3 is 5.96 Å². The van der Waals surface area contributed by atoms with E-state index in [1.165, 1.54) is 13.2 Å². The molecule has 0 saturated carbocycles. The molecule has 19 heavy (non-hydrogen) atoms. The van der Waals surface area contributed by atoms with E-state index < -0.39 is 0 Å². The fourth-order valence-corrected chi connectivity index (χ4v) is 0.561. The topological polar surface area (TPSA) is 131 Å². The summed E-state index contributed by atoms with van der Waals surface area (Å²) in [4.78, 5) is 11.4. The molecule has 0 aliphatic carbocycles. The van der Waals surface area contributed by atoms with E-state index in [-0.39, 0.29) is 38.7 Å². The molecule has 0 spiro atoms. The van der Waals surface area contributed by atoms with Crippen LogP contribution < -0.4 is 27.1 Å². The van der Waals surface area contributed by atoms with Gasteiger partial charge in [-0.3, -0.25) is 28.1 Å². The Morgan fingerprint density at radius 3 is 1.74 bits per heavy atom. The first-order valence-electron chi connectivity index (χ1n) is 5.83. The molecule has 8 heteroatoms. The van der Waals surface area contributed by atoms with Crippen LogP contribution in [-0.2, 0) is 37.5 Å². The molecule has 0 saturated heterocycles. The molecular formula is C11H29N6OY-. The Kier molecular flexibility index (Phi) is 33.1. The van der Waals surface area contributed by atoms with Crippen LogP contribution in [0.5, 0.6) is 0 Å². The number of carbonyl (C=O) groups excluding carboxylic acids is 1. The summed E-state index contributed by atoms with van der Waals surface area (Å²) in [6.45, 7) is 10.4. The smallest absolute Gasteiger partial charge is 0.339 e. The summed E-state index contributed by atoms with van der Waals surface area (Å²) in [5, 5.41) is 5.96. The average Bonchev–Trinajstić information content (AvgIpc) is 2.17. The first kappa shape index (κ1) is 27.3. The summed E-state index contributed by atoms with van der Waals surface area (Å²) in [5.74, 6) is 0.253.